The Kier molecular flexibility index (Phi) is 8.83. The average molecular weight is 523 g/mol. The molecule has 1 aliphatic carbocycles. The number of carbonyl (C=O) groups excluding carboxylic acids is 3. The Labute approximate surface area is 220 Å². The van der Waals surface area contributed by atoms with Gasteiger partial charge in [-0.2, -0.15) is 0 Å². The quantitative estimate of drug-likeness (QED) is 0.325. The van der Waals surface area contributed by atoms with E-state index in [0.29, 0.717) is 37.1 Å². The summed E-state index contributed by atoms with van der Waals surface area (Å²) in [5.74, 6) is -1.41. The second-order valence-corrected chi connectivity index (χ2v) is 9.79. The highest BCUT2D eigenvalue weighted by atomic mass is 19.1. The van der Waals surface area contributed by atoms with E-state index in [9.17, 15) is 28.9 Å². The molecule has 4 rings (SSSR count). The van der Waals surface area contributed by atoms with Crippen LogP contribution < -0.4 is 10.6 Å². The van der Waals surface area contributed by atoms with E-state index in [1.54, 1.807) is 23.1 Å². The zero-order valence-electron chi connectivity index (χ0n) is 21.0. The van der Waals surface area contributed by atoms with Crippen molar-refractivity contribution in [2.75, 3.05) is 13.1 Å². The summed E-state index contributed by atoms with van der Waals surface area (Å²) in [6, 6.07) is 10.8. The molecule has 0 aromatic heterocycles. The molecule has 2 fully saturated rings. The zero-order chi connectivity index (χ0) is 27.1. The van der Waals surface area contributed by atoms with Crippen LogP contribution in [0.2, 0.25) is 0 Å². The number of benzene rings is 2. The van der Waals surface area contributed by atoms with Crippen LogP contribution in [0, 0.1) is 21.8 Å². The summed E-state index contributed by atoms with van der Waals surface area (Å²) < 4.78 is 13.2. The highest BCUT2D eigenvalue weighted by molar-refractivity contribution is 5.94. The van der Waals surface area contributed by atoms with E-state index < -0.39 is 10.7 Å². The first kappa shape index (κ1) is 27.0. The minimum Gasteiger partial charge on any atom is -0.351 e. The Morgan fingerprint density at radius 3 is 2.24 bits per heavy atom. The average Bonchev–Trinajstić information content (AvgIpc) is 2.93. The summed E-state index contributed by atoms with van der Waals surface area (Å²) in [4.78, 5) is 50.5. The number of piperidine rings is 1. The molecule has 2 aromatic carbocycles. The summed E-state index contributed by atoms with van der Waals surface area (Å²) in [5, 5.41) is 16.9. The largest absolute Gasteiger partial charge is 0.351 e. The van der Waals surface area contributed by atoms with E-state index in [-0.39, 0.29) is 41.4 Å². The molecule has 1 heterocycles. The Morgan fingerprint density at radius 2 is 1.58 bits per heavy atom. The second-order valence-electron chi connectivity index (χ2n) is 9.79. The van der Waals surface area contributed by atoms with Crippen LogP contribution >= 0.6 is 0 Å². The van der Waals surface area contributed by atoms with Gasteiger partial charge in [0.25, 0.3) is 11.6 Å². The summed E-state index contributed by atoms with van der Waals surface area (Å²) in [7, 11) is 0. The SMILES string of the molecule is O=C(N[C@@H]1CCCC[C@H]1NC(=O)[C@H]1CCCN(C(=O)/C=C/c2ccc([N+](=O)[O-])cc2)C1)c1ccc(F)cc1. The van der Waals surface area contributed by atoms with Crippen molar-refractivity contribution >= 4 is 29.5 Å². The van der Waals surface area contributed by atoms with E-state index in [2.05, 4.69) is 10.6 Å². The lowest BCUT2D eigenvalue weighted by Crippen LogP contribution is -2.55. The molecule has 3 amide bonds. The van der Waals surface area contributed by atoms with Gasteiger partial charge in [0.2, 0.25) is 11.8 Å². The predicted octanol–water partition coefficient (Wildman–Crippen LogP) is 3.84. The van der Waals surface area contributed by atoms with Crippen LogP contribution in [0.15, 0.2) is 54.6 Å². The normalized spacial score (nSPS) is 21.6. The molecule has 2 aromatic rings. The topological polar surface area (TPSA) is 122 Å². The Hall–Kier alpha value is -4.08. The number of hydrogen-bond donors (Lipinski definition) is 2. The van der Waals surface area contributed by atoms with Crippen molar-refractivity contribution in [1.82, 2.24) is 15.5 Å². The number of rotatable bonds is 7. The number of nitro groups is 1. The number of likely N-dealkylation sites (tertiary alicyclic amines) is 1. The highest BCUT2D eigenvalue weighted by Gasteiger charge is 2.32. The Morgan fingerprint density at radius 1 is 0.921 bits per heavy atom. The molecule has 0 spiro atoms. The van der Waals surface area contributed by atoms with Gasteiger partial charge in [0.15, 0.2) is 0 Å². The molecule has 0 radical (unpaired) electrons. The summed E-state index contributed by atoms with van der Waals surface area (Å²) >= 11 is 0. The van der Waals surface area contributed by atoms with Crippen LogP contribution in [0.1, 0.15) is 54.4 Å². The number of non-ortho nitro benzene ring substituents is 1. The van der Waals surface area contributed by atoms with Crippen LogP contribution in [0.5, 0.6) is 0 Å². The van der Waals surface area contributed by atoms with E-state index in [1.807, 2.05) is 0 Å². The van der Waals surface area contributed by atoms with E-state index in [0.717, 1.165) is 25.7 Å². The Balaban J connectivity index is 1.32. The van der Waals surface area contributed by atoms with Crippen molar-refractivity contribution in [1.29, 1.82) is 0 Å². The molecule has 2 aliphatic rings. The Bertz CT molecular complexity index is 1200. The predicted molar refractivity (Wildman–Crippen MR) is 139 cm³/mol. The maximum absolute atomic E-state index is 13.2. The van der Waals surface area contributed by atoms with Gasteiger partial charge in [0.1, 0.15) is 5.82 Å². The third kappa shape index (κ3) is 7.02. The molecular weight excluding hydrogens is 491 g/mol. The molecule has 1 saturated carbocycles. The molecule has 38 heavy (non-hydrogen) atoms. The third-order valence-corrected chi connectivity index (χ3v) is 7.14. The molecular formula is C28H31FN4O5. The molecule has 200 valence electrons. The number of nitro benzene ring substituents is 1. The van der Waals surface area contributed by atoms with Crippen LogP contribution in [-0.2, 0) is 9.59 Å². The van der Waals surface area contributed by atoms with Gasteiger partial charge in [-0.15, -0.1) is 0 Å². The third-order valence-electron chi connectivity index (χ3n) is 7.14. The molecule has 0 bridgehead atoms. The molecule has 1 saturated heterocycles. The standard InChI is InChI=1S/C28H31FN4O5/c29-22-12-10-20(11-13-22)27(35)30-24-5-1-2-6-25(24)31-28(36)21-4-3-17-32(18-21)26(34)16-9-19-7-14-23(15-8-19)33(37)38/h7-16,21,24-25H,1-6,17-18H2,(H,30,35)(H,31,36)/b16-9+/t21-,24+,25+/m0/s1. The lowest BCUT2D eigenvalue weighted by molar-refractivity contribution is -0.384. The fourth-order valence-corrected chi connectivity index (χ4v) is 5.00. The van der Waals surface area contributed by atoms with Crippen LogP contribution in [0.3, 0.4) is 0 Å². The first-order valence-electron chi connectivity index (χ1n) is 12.9. The number of nitrogens with one attached hydrogen (secondary N) is 2. The maximum atomic E-state index is 13.2. The maximum Gasteiger partial charge on any atom is 0.269 e. The smallest absolute Gasteiger partial charge is 0.269 e. The number of amides is 3. The van der Waals surface area contributed by atoms with Crippen molar-refractivity contribution in [2.45, 2.75) is 50.6 Å². The zero-order valence-corrected chi connectivity index (χ0v) is 21.0. The van der Waals surface area contributed by atoms with Gasteiger partial charge in [0, 0.05) is 48.9 Å². The van der Waals surface area contributed by atoms with Gasteiger partial charge < -0.3 is 15.5 Å². The molecule has 9 nitrogen and oxygen atoms in total. The summed E-state index contributed by atoms with van der Waals surface area (Å²) in [5.41, 5.74) is 1.01. The fourth-order valence-electron chi connectivity index (χ4n) is 5.00. The van der Waals surface area contributed by atoms with Gasteiger partial charge >= 0.3 is 0 Å². The van der Waals surface area contributed by atoms with Crippen molar-refractivity contribution < 1.29 is 23.7 Å². The van der Waals surface area contributed by atoms with Crippen molar-refractivity contribution in [3.05, 3.63) is 81.7 Å². The van der Waals surface area contributed by atoms with Gasteiger partial charge in [0.05, 0.1) is 10.8 Å². The van der Waals surface area contributed by atoms with Gasteiger partial charge in [-0.3, -0.25) is 24.5 Å². The minimum atomic E-state index is -0.480. The van der Waals surface area contributed by atoms with E-state index >= 15 is 0 Å². The lowest BCUT2D eigenvalue weighted by atomic mass is 9.88. The summed E-state index contributed by atoms with van der Waals surface area (Å²) in [6.45, 7) is 0.849. The van der Waals surface area contributed by atoms with Gasteiger partial charge in [-0.25, -0.2) is 4.39 Å². The number of halogens is 1. The number of hydrogen-bond acceptors (Lipinski definition) is 5. The molecule has 2 N–H and O–H groups in total. The number of nitrogens with zero attached hydrogens (tertiary/aromatic N) is 2. The molecule has 10 heteroatoms. The van der Waals surface area contributed by atoms with Crippen molar-refractivity contribution in [3.8, 4) is 0 Å². The van der Waals surface area contributed by atoms with Gasteiger partial charge in [-0.1, -0.05) is 12.8 Å². The van der Waals surface area contributed by atoms with Crippen LogP contribution in [-0.4, -0.2) is 52.7 Å². The van der Waals surface area contributed by atoms with Crippen LogP contribution in [0.4, 0.5) is 10.1 Å². The van der Waals surface area contributed by atoms with Crippen LogP contribution in [0.25, 0.3) is 6.08 Å². The van der Waals surface area contributed by atoms with Crippen molar-refractivity contribution in [3.63, 3.8) is 0 Å². The van der Waals surface area contributed by atoms with E-state index in [4.69, 9.17) is 0 Å². The van der Waals surface area contributed by atoms with E-state index in [1.165, 1.54) is 42.5 Å². The molecule has 1 aliphatic heterocycles. The van der Waals surface area contributed by atoms with Gasteiger partial charge in [-0.05, 0) is 73.7 Å². The fraction of sp³-hybridized carbons (Fsp3) is 0.393. The lowest BCUT2D eigenvalue weighted by Gasteiger charge is -2.36. The molecule has 3 atom stereocenters. The summed E-state index contributed by atoms with van der Waals surface area (Å²) in [6.07, 6.45) is 7.75. The highest BCUT2D eigenvalue weighted by Crippen LogP contribution is 2.22. The first-order chi connectivity index (χ1) is 18.3. The minimum absolute atomic E-state index is 0.0198. The first-order valence-corrected chi connectivity index (χ1v) is 12.9. The number of carbonyl (C=O) groups is 3. The molecule has 0 unspecified atom stereocenters. The monoisotopic (exact) mass is 522 g/mol. The van der Waals surface area contributed by atoms with Crippen molar-refractivity contribution in [2.24, 2.45) is 5.92 Å². The second kappa shape index (κ2) is 12.4.